The SMILES string of the molecule is FC(F)(F)c1cc(Oc2ccnc(-c3ccc(Cl)s3)n2)cs1. The largest absolute Gasteiger partial charge is 0.438 e. The third-order valence-electron chi connectivity index (χ3n) is 2.50. The van der Waals surface area contributed by atoms with Gasteiger partial charge in [-0.3, -0.25) is 0 Å². The molecule has 0 amide bonds. The fourth-order valence-electron chi connectivity index (χ4n) is 1.59. The van der Waals surface area contributed by atoms with Crippen LogP contribution in [0.5, 0.6) is 11.6 Å². The molecule has 3 heterocycles. The Labute approximate surface area is 136 Å². The fraction of sp³-hybridized carbons (Fsp3) is 0.0769. The molecule has 0 aliphatic carbocycles. The molecule has 0 aromatic carbocycles. The molecule has 0 saturated heterocycles. The fourth-order valence-corrected chi connectivity index (χ4v) is 3.26. The first-order valence-corrected chi connectivity index (χ1v) is 7.91. The molecule has 9 heteroatoms. The molecule has 0 fully saturated rings. The van der Waals surface area contributed by atoms with E-state index in [2.05, 4.69) is 9.97 Å². The molecule has 0 aliphatic rings. The number of ether oxygens (including phenoxy) is 1. The maximum absolute atomic E-state index is 12.5. The Kier molecular flexibility index (Phi) is 4.07. The van der Waals surface area contributed by atoms with Gasteiger partial charge in [0.2, 0.25) is 5.88 Å². The second-order valence-corrected chi connectivity index (χ2v) is 6.70. The average Bonchev–Trinajstić information content (AvgIpc) is 3.08. The van der Waals surface area contributed by atoms with Crippen LogP contribution in [0, 0.1) is 0 Å². The molecule has 3 nitrogen and oxygen atoms in total. The van der Waals surface area contributed by atoms with Gasteiger partial charge in [0, 0.05) is 23.7 Å². The van der Waals surface area contributed by atoms with Crippen LogP contribution in [0.4, 0.5) is 13.2 Å². The number of aromatic nitrogens is 2. The Morgan fingerprint density at radius 2 is 2.00 bits per heavy atom. The minimum atomic E-state index is -4.38. The minimum Gasteiger partial charge on any atom is -0.438 e. The zero-order chi connectivity index (χ0) is 15.7. The molecule has 0 radical (unpaired) electrons. The smallest absolute Gasteiger partial charge is 0.425 e. The predicted octanol–water partition coefficient (Wildman–Crippen LogP) is 5.73. The number of hydrogen-bond donors (Lipinski definition) is 0. The third kappa shape index (κ3) is 3.40. The summed E-state index contributed by atoms with van der Waals surface area (Å²) < 4.78 is 43.6. The van der Waals surface area contributed by atoms with Crippen LogP contribution in [-0.4, -0.2) is 9.97 Å². The summed E-state index contributed by atoms with van der Waals surface area (Å²) in [7, 11) is 0. The van der Waals surface area contributed by atoms with Gasteiger partial charge in [-0.05, 0) is 12.1 Å². The maximum atomic E-state index is 12.5. The topological polar surface area (TPSA) is 35.0 Å². The van der Waals surface area contributed by atoms with Gasteiger partial charge in [0.1, 0.15) is 10.6 Å². The second kappa shape index (κ2) is 5.86. The highest BCUT2D eigenvalue weighted by molar-refractivity contribution is 7.19. The van der Waals surface area contributed by atoms with Crippen molar-refractivity contribution >= 4 is 34.3 Å². The zero-order valence-electron chi connectivity index (χ0n) is 10.6. The van der Waals surface area contributed by atoms with Crippen molar-refractivity contribution in [3.8, 4) is 22.3 Å². The van der Waals surface area contributed by atoms with Gasteiger partial charge in [0.25, 0.3) is 0 Å². The summed E-state index contributed by atoms with van der Waals surface area (Å²) in [6.07, 6.45) is -2.90. The van der Waals surface area contributed by atoms with Gasteiger partial charge in [0.15, 0.2) is 5.82 Å². The summed E-state index contributed by atoms with van der Waals surface area (Å²) in [6, 6.07) is 5.89. The van der Waals surface area contributed by atoms with E-state index in [9.17, 15) is 13.2 Å². The van der Waals surface area contributed by atoms with E-state index in [1.807, 2.05) is 0 Å². The van der Waals surface area contributed by atoms with E-state index in [-0.39, 0.29) is 11.6 Å². The number of halogens is 4. The minimum absolute atomic E-state index is 0.0891. The molecule has 3 aromatic rings. The Bertz CT molecular complexity index is 800. The van der Waals surface area contributed by atoms with Gasteiger partial charge in [-0.2, -0.15) is 18.2 Å². The summed E-state index contributed by atoms with van der Waals surface area (Å²) in [5.41, 5.74) is 0. The Morgan fingerprint density at radius 3 is 2.64 bits per heavy atom. The van der Waals surface area contributed by atoms with Gasteiger partial charge >= 0.3 is 6.18 Å². The molecule has 3 rings (SSSR count). The van der Waals surface area contributed by atoms with E-state index in [4.69, 9.17) is 16.3 Å². The number of hydrogen-bond acceptors (Lipinski definition) is 5. The molecule has 0 spiro atoms. The molecule has 22 heavy (non-hydrogen) atoms. The molecule has 114 valence electrons. The van der Waals surface area contributed by atoms with Crippen LogP contribution in [0.3, 0.4) is 0 Å². The Morgan fingerprint density at radius 1 is 1.18 bits per heavy atom. The molecule has 0 N–H and O–H groups in total. The van der Waals surface area contributed by atoms with Crippen molar-refractivity contribution in [2.45, 2.75) is 6.18 Å². The van der Waals surface area contributed by atoms with Crippen molar-refractivity contribution < 1.29 is 17.9 Å². The van der Waals surface area contributed by atoms with Crippen molar-refractivity contribution in [3.63, 3.8) is 0 Å². The summed E-state index contributed by atoms with van der Waals surface area (Å²) in [4.78, 5) is 8.28. The zero-order valence-corrected chi connectivity index (χ0v) is 13.0. The highest BCUT2D eigenvalue weighted by atomic mass is 35.5. The van der Waals surface area contributed by atoms with Gasteiger partial charge in [-0.25, -0.2) is 4.98 Å². The van der Waals surface area contributed by atoms with E-state index < -0.39 is 11.1 Å². The summed E-state index contributed by atoms with van der Waals surface area (Å²) in [5, 5.41) is 1.28. The van der Waals surface area contributed by atoms with Gasteiger partial charge in [0.05, 0.1) is 9.21 Å². The first-order chi connectivity index (χ1) is 10.4. The standard InChI is InChI=1S/C13H6ClF3N2OS2/c14-10-2-1-8(22-10)12-18-4-3-11(19-12)20-7-5-9(21-6-7)13(15,16)17/h1-6H. The van der Waals surface area contributed by atoms with Crippen molar-refractivity contribution in [1.82, 2.24) is 9.97 Å². The van der Waals surface area contributed by atoms with Gasteiger partial charge < -0.3 is 4.74 Å². The molecular weight excluding hydrogens is 357 g/mol. The van der Waals surface area contributed by atoms with Crippen LogP contribution < -0.4 is 4.74 Å². The van der Waals surface area contributed by atoms with Gasteiger partial charge in [-0.1, -0.05) is 11.6 Å². The number of rotatable bonds is 3. The quantitative estimate of drug-likeness (QED) is 0.596. The molecular formula is C13H6ClF3N2OS2. The highest BCUT2D eigenvalue weighted by Gasteiger charge is 2.32. The summed E-state index contributed by atoms with van der Waals surface area (Å²) in [5.74, 6) is 0.660. The van der Waals surface area contributed by atoms with E-state index in [0.29, 0.717) is 21.5 Å². The second-order valence-electron chi connectivity index (χ2n) is 4.07. The van der Waals surface area contributed by atoms with E-state index in [0.717, 1.165) is 10.9 Å². The Hall–Kier alpha value is -1.64. The van der Waals surface area contributed by atoms with E-state index in [1.54, 1.807) is 12.1 Å². The highest BCUT2D eigenvalue weighted by Crippen LogP contribution is 2.37. The predicted molar refractivity (Wildman–Crippen MR) is 79.8 cm³/mol. The van der Waals surface area contributed by atoms with Crippen molar-refractivity contribution in [2.24, 2.45) is 0 Å². The van der Waals surface area contributed by atoms with Crippen LogP contribution in [0.25, 0.3) is 10.7 Å². The molecule has 3 aromatic heterocycles. The van der Waals surface area contributed by atoms with Crippen molar-refractivity contribution in [2.75, 3.05) is 0 Å². The number of alkyl halides is 3. The van der Waals surface area contributed by atoms with E-state index in [1.165, 1.54) is 29.0 Å². The van der Waals surface area contributed by atoms with Crippen LogP contribution >= 0.6 is 34.3 Å². The van der Waals surface area contributed by atoms with Gasteiger partial charge in [-0.15, -0.1) is 22.7 Å². The lowest BCUT2D eigenvalue weighted by Crippen LogP contribution is -2.00. The molecule has 0 saturated carbocycles. The van der Waals surface area contributed by atoms with Crippen LogP contribution in [0.1, 0.15) is 4.88 Å². The Balaban J connectivity index is 1.83. The third-order valence-corrected chi connectivity index (χ3v) is 4.68. The lowest BCUT2D eigenvalue weighted by molar-refractivity contribution is -0.134. The van der Waals surface area contributed by atoms with Crippen LogP contribution in [0.15, 0.2) is 35.8 Å². The number of nitrogens with zero attached hydrogens (tertiary/aromatic N) is 2. The molecule has 0 atom stereocenters. The lowest BCUT2D eigenvalue weighted by atomic mass is 10.4. The van der Waals surface area contributed by atoms with E-state index >= 15 is 0 Å². The number of thiophene rings is 2. The molecule has 0 unspecified atom stereocenters. The first-order valence-electron chi connectivity index (χ1n) is 5.84. The maximum Gasteiger partial charge on any atom is 0.425 e. The molecule has 0 bridgehead atoms. The monoisotopic (exact) mass is 362 g/mol. The average molecular weight is 363 g/mol. The van der Waals surface area contributed by atoms with Crippen LogP contribution in [0.2, 0.25) is 4.34 Å². The van der Waals surface area contributed by atoms with Crippen LogP contribution in [-0.2, 0) is 6.18 Å². The first kappa shape index (κ1) is 15.3. The van der Waals surface area contributed by atoms with Crippen molar-refractivity contribution in [3.05, 3.63) is 45.1 Å². The van der Waals surface area contributed by atoms with Crippen molar-refractivity contribution in [1.29, 1.82) is 0 Å². The molecule has 0 aliphatic heterocycles. The normalized spacial score (nSPS) is 11.6. The lowest BCUT2D eigenvalue weighted by Gasteiger charge is -2.03. The summed E-state index contributed by atoms with van der Waals surface area (Å²) >= 11 is 7.72. The summed E-state index contributed by atoms with van der Waals surface area (Å²) in [6.45, 7) is 0.